The lowest BCUT2D eigenvalue weighted by atomic mass is 9.75. The summed E-state index contributed by atoms with van der Waals surface area (Å²) >= 11 is 1.80. The molecule has 0 bridgehead atoms. The molecular weight excluding hydrogens is 572 g/mol. The molecule has 234 valence electrons. The molecule has 3 saturated carbocycles. The molecule has 3 aliphatic rings. The maximum Gasteiger partial charge on any atom is 0.407 e. The number of thiazole rings is 1. The van der Waals surface area contributed by atoms with Crippen molar-refractivity contribution in [3.05, 3.63) is 64.6 Å². The number of nitrogens with zero attached hydrogens (tertiary/aromatic N) is 2. The molecule has 1 atom stereocenters. The van der Waals surface area contributed by atoms with Crippen LogP contribution in [0.3, 0.4) is 0 Å². The second-order valence-electron chi connectivity index (χ2n) is 12.8. The van der Waals surface area contributed by atoms with Crippen molar-refractivity contribution in [3.63, 3.8) is 0 Å². The fraction of sp³-hybridized carbons (Fsp3) is 0.543. The zero-order valence-electron chi connectivity index (χ0n) is 26.0. The molecule has 0 spiro atoms. The highest BCUT2D eigenvalue weighted by Crippen LogP contribution is 2.45. The summed E-state index contributed by atoms with van der Waals surface area (Å²) in [6.45, 7) is 2.00. The summed E-state index contributed by atoms with van der Waals surface area (Å²) in [6.07, 6.45) is 11.3. The maximum atomic E-state index is 13.8. The zero-order valence-corrected chi connectivity index (χ0v) is 26.8. The van der Waals surface area contributed by atoms with E-state index < -0.39 is 6.09 Å². The van der Waals surface area contributed by atoms with E-state index in [-0.39, 0.29) is 23.9 Å². The van der Waals surface area contributed by atoms with Crippen molar-refractivity contribution in [3.8, 4) is 16.2 Å². The summed E-state index contributed by atoms with van der Waals surface area (Å²) in [4.78, 5) is 36.2. The monoisotopic (exact) mass is 616 g/mol. The molecule has 2 aromatic heterocycles. The molecule has 3 aromatic rings. The Morgan fingerprint density at radius 1 is 0.932 bits per heavy atom. The van der Waals surface area contributed by atoms with E-state index in [4.69, 9.17) is 19.4 Å². The van der Waals surface area contributed by atoms with E-state index in [2.05, 4.69) is 41.0 Å². The lowest BCUT2D eigenvalue weighted by Gasteiger charge is -2.36. The summed E-state index contributed by atoms with van der Waals surface area (Å²) in [5, 5.41) is 7.68. The molecule has 0 radical (unpaired) electrons. The van der Waals surface area contributed by atoms with Crippen LogP contribution in [0, 0.1) is 18.8 Å². The van der Waals surface area contributed by atoms with Crippen LogP contribution in [-0.2, 0) is 9.53 Å². The van der Waals surface area contributed by atoms with Crippen LogP contribution in [0.4, 0.5) is 4.79 Å². The Bertz CT molecular complexity index is 1450. The van der Waals surface area contributed by atoms with Crippen LogP contribution in [-0.4, -0.2) is 42.2 Å². The minimum Gasteiger partial charge on any atom is -0.495 e. The molecule has 44 heavy (non-hydrogen) atoms. The highest BCUT2D eigenvalue weighted by atomic mass is 32.1. The summed E-state index contributed by atoms with van der Waals surface area (Å²) in [7, 11) is 3.07. The molecule has 9 heteroatoms. The molecule has 1 unspecified atom stereocenters. The lowest BCUT2D eigenvalue weighted by molar-refractivity contribution is -0.127. The van der Waals surface area contributed by atoms with Gasteiger partial charge in [0.2, 0.25) is 5.91 Å². The van der Waals surface area contributed by atoms with Crippen molar-refractivity contribution < 1.29 is 19.1 Å². The van der Waals surface area contributed by atoms with E-state index in [9.17, 15) is 9.59 Å². The van der Waals surface area contributed by atoms with Gasteiger partial charge in [-0.1, -0.05) is 18.2 Å². The number of rotatable bonds is 9. The first kappa shape index (κ1) is 30.6. The minimum atomic E-state index is -0.404. The predicted molar refractivity (Wildman–Crippen MR) is 172 cm³/mol. The van der Waals surface area contributed by atoms with Crippen molar-refractivity contribution in [1.29, 1.82) is 0 Å². The third-order valence-electron chi connectivity index (χ3n) is 9.82. The van der Waals surface area contributed by atoms with Crippen molar-refractivity contribution in [2.45, 2.75) is 95.1 Å². The molecule has 2 amide bonds. The minimum absolute atomic E-state index is 0.0539. The molecule has 0 aliphatic heterocycles. The molecule has 2 N–H and O–H groups in total. The number of carbonyl (C=O) groups is 2. The van der Waals surface area contributed by atoms with Gasteiger partial charge in [0.05, 0.1) is 35.8 Å². The van der Waals surface area contributed by atoms with Crippen LogP contribution in [0.15, 0.2) is 42.6 Å². The average Bonchev–Trinajstić information content (AvgIpc) is 3.79. The van der Waals surface area contributed by atoms with Crippen LogP contribution in [0.25, 0.3) is 10.4 Å². The van der Waals surface area contributed by atoms with Gasteiger partial charge in [0.1, 0.15) is 5.75 Å². The van der Waals surface area contributed by atoms with E-state index in [1.165, 1.54) is 41.0 Å². The van der Waals surface area contributed by atoms with E-state index >= 15 is 0 Å². The predicted octanol–water partition coefficient (Wildman–Crippen LogP) is 7.45. The van der Waals surface area contributed by atoms with Gasteiger partial charge in [0.15, 0.2) is 0 Å². The van der Waals surface area contributed by atoms with Gasteiger partial charge in [0.25, 0.3) is 0 Å². The van der Waals surface area contributed by atoms with E-state index in [1.807, 2.05) is 19.2 Å². The average molecular weight is 617 g/mol. The van der Waals surface area contributed by atoms with E-state index in [1.54, 1.807) is 18.4 Å². The fourth-order valence-corrected chi connectivity index (χ4v) is 8.14. The molecule has 2 heterocycles. The molecule has 3 fully saturated rings. The molecule has 3 aliphatic carbocycles. The van der Waals surface area contributed by atoms with Crippen molar-refractivity contribution >= 4 is 23.3 Å². The quantitative estimate of drug-likeness (QED) is 0.259. The number of hydrogen-bond donors (Lipinski definition) is 2. The van der Waals surface area contributed by atoms with Crippen LogP contribution in [0.2, 0.25) is 0 Å². The number of hydrogen-bond acceptors (Lipinski definition) is 7. The molecular formula is C35H44N4O4S. The van der Waals surface area contributed by atoms with Crippen LogP contribution < -0.4 is 15.4 Å². The number of carbonyl (C=O) groups excluding carboxylic acids is 2. The fourth-order valence-electron chi connectivity index (χ4n) is 7.05. The standard InChI is InChI=1S/C35H44N4O4S/c1-21-30(42-2)18-17-29(37-21)22-7-9-23(10-8-22)32(39-33(40)24-13-15-28(16-14-24)38-35(41)43-3)27-6-4-5-26(19-27)31-20-36-34(44-31)25-11-12-25/h4-6,17-20,22-25,28,32H,7-16H2,1-3H3,(H,38,41)(H,39,40). The number of nitrogens with one attached hydrogen (secondary N) is 2. The summed E-state index contributed by atoms with van der Waals surface area (Å²) in [6, 6.07) is 12.9. The van der Waals surface area contributed by atoms with Gasteiger partial charge in [-0.2, -0.15) is 0 Å². The second-order valence-corrected chi connectivity index (χ2v) is 13.8. The van der Waals surface area contributed by atoms with Crippen LogP contribution in [0.5, 0.6) is 5.75 Å². The van der Waals surface area contributed by atoms with Gasteiger partial charge in [-0.25, -0.2) is 9.78 Å². The van der Waals surface area contributed by atoms with Crippen molar-refractivity contribution in [2.75, 3.05) is 14.2 Å². The summed E-state index contributed by atoms with van der Waals surface area (Å²) in [5.41, 5.74) is 4.41. The second kappa shape index (κ2) is 13.7. The third kappa shape index (κ3) is 7.09. The van der Waals surface area contributed by atoms with E-state index in [0.717, 1.165) is 68.5 Å². The number of pyridine rings is 1. The van der Waals surface area contributed by atoms with Gasteiger partial charge in [0, 0.05) is 35.7 Å². The summed E-state index contributed by atoms with van der Waals surface area (Å²) in [5.74, 6) is 2.29. The number of ether oxygens (including phenoxy) is 2. The SMILES string of the molecule is COC(=O)NC1CCC(C(=O)NC(c2cccc(-c3cnc(C4CC4)s3)c2)C2CCC(c3ccc(OC)c(C)n3)CC2)CC1. The number of aromatic nitrogens is 2. The third-order valence-corrected chi connectivity index (χ3v) is 11.0. The van der Waals surface area contributed by atoms with Crippen LogP contribution in [0.1, 0.15) is 104 Å². The number of alkyl carbamates (subject to hydrolysis) is 1. The maximum absolute atomic E-state index is 13.8. The molecule has 1 aromatic carbocycles. The topological polar surface area (TPSA) is 102 Å². The first-order valence-corrected chi connectivity index (χ1v) is 17.0. The Morgan fingerprint density at radius 3 is 2.36 bits per heavy atom. The van der Waals surface area contributed by atoms with Gasteiger partial charge < -0.3 is 20.1 Å². The lowest BCUT2D eigenvalue weighted by Crippen LogP contribution is -2.43. The Balaban J connectivity index is 1.18. The number of amides is 2. The Hall–Kier alpha value is -3.46. The molecule has 6 rings (SSSR count). The zero-order chi connectivity index (χ0) is 30.6. The van der Waals surface area contributed by atoms with E-state index in [0.29, 0.717) is 17.8 Å². The number of methoxy groups -OCH3 is 2. The van der Waals surface area contributed by atoms with Crippen molar-refractivity contribution in [2.24, 2.45) is 11.8 Å². The first-order valence-electron chi connectivity index (χ1n) is 16.1. The van der Waals surface area contributed by atoms with Gasteiger partial charge in [-0.15, -0.1) is 11.3 Å². The Labute approximate surface area is 264 Å². The number of aryl methyl sites for hydroxylation is 1. The molecule has 8 nitrogen and oxygen atoms in total. The van der Waals surface area contributed by atoms with Gasteiger partial charge >= 0.3 is 6.09 Å². The smallest absolute Gasteiger partial charge is 0.407 e. The number of benzene rings is 1. The van der Waals surface area contributed by atoms with Gasteiger partial charge in [-0.3, -0.25) is 9.78 Å². The van der Waals surface area contributed by atoms with Gasteiger partial charge in [-0.05, 0) is 106 Å². The normalized spacial score (nSPS) is 24.2. The largest absolute Gasteiger partial charge is 0.495 e. The first-order chi connectivity index (χ1) is 21.4. The van der Waals surface area contributed by atoms with Crippen LogP contribution >= 0.6 is 11.3 Å². The Morgan fingerprint density at radius 2 is 1.68 bits per heavy atom. The highest BCUT2D eigenvalue weighted by Gasteiger charge is 2.34. The summed E-state index contributed by atoms with van der Waals surface area (Å²) < 4.78 is 10.2. The highest BCUT2D eigenvalue weighted by molar-refractivity contribution is 7.15. The van der Waals surface area contributed by atoms with Crippen molar-refractivity contribution in [1.82, 2.24) is 20.6 Å². The molecule has 0 saturated heterocycles. The Kier molecular flexibility index (Phi) is 9.50.